The van der Waals surface area contributed by atoms with Crippen LogP contribution in [0.2, 0.25) is 0 Å². The van der Waals surface area contributed by atoms with Crippen molar-refractivity contribution in [2.75, 3.05) is 19.5 Å². The zero-order chi connectivity index (χ0) is 21.7. The van der Waals surface area contributed by atoms with Gasteiger partial charge in [0.1, 0.15) is 17.3 Å². The Bertz CT molecular complexity index is 1300. The van der Waals surface area contributed by atoms with Crippen LogP contribution >= 0.6 is 0 Å². The highest BCUT2D eigenvalue weighted by Crippen LogP contribution is 2.42. The van der Waals surface area contributed by atoms with Crippen molar-refractivity contribution in [1.82, 2.24) is 29.6 Å². The van der Waals surface area contributed by atoms with Crippen molar-refractivity contribution in [2.45, 2.75) is 26.2 Å². The number of hydrogen-bond donors (Lipinski definition) is 1. The van der Waals surface area contributed by atoms with Crippen LogP contribution in [0.4, 0.5) is 5.82 Å². The molecular weight excluding hydrogens is 398 g/mol. The number of amides is 1. The molecule has 0 saturated heterocycles. The largest absolute Gasteiger partial charge is 0.497 e. The minimum absolute atomic E-state index is 0.0954. The smallest absolute Gasteiger partial charge is 0.226 e. The molecule has 1 amide bonds. The topological polar surface area (TPSA) is 108 Å². The van der Waals surface area contributed by atoms with E-state index < -0.39 is 0 Å². The lowest BCUT2D eigenvalue weighted by Gasteiger charge is -2.25. The number of aromatic nitrogens is 6. The average Bonchev–Trinajstić information content (AvgIpc) is 3.32. The van der Waals surface area contributed by atoms with E-state index in [9.17, 15) is 4.79 Å². The third-order valence-electron chi connectivity index (χ3n) is 5.50. The van der Waals surface area contributed by atoms with Crippen LogP contribution in [0.15, 0.2) is 30.3 Å². The summed E-state index contributed by atoms with van der Waals surface area (Å²) in [5.74, 6) is 2.88. The van der Waals surface area contributed by atoms with Crippen molar-refractivity contribution in [3.63, 3.8) is 0 Å². The zero-order valence-electron chi connectivity index (χ0n) is 17.6. The molecule has 1 aliphatic rings. The first-order valence-corrected chi connectivity index (χ1v) is 9.80. The molecule has 1 aromatic carbocycles. The summed E-state index contributed by atoms with van der Waals surface area (Å²) in [4.78, 5) is 12.7. The van der Waals surface area contributed by atoms with E-state index in [1.54, 1.807) is 29.5 Å². The van der Waals surface area contributed by atoms with Crippen LogP contribution in [0.25, 0.3) is 11.5 Å². The van der Waals surface area contributed by atoms with Crippen LogP contribution < -0.4 is 14.8 Å². The molecule has 158 valence electrons. The normalized spacial score (nSPS) is 15.6. The third-order valence-corrected chi connectivity index (χ3v) is 5.50. The van der Waals surface area contributed by atoms with E-state index in [0.29, 0.717) is 41.0 Å². The Morgan fingerprint density at radius 3 is 2.48 bits per heavy atom. The molecule has 4 heterocycles. The highest BCUT2D eigenvalue weighted by atomic mass is 16.5. The standard InChI is InChI=1S/C21H21N7O3/c1-11-20-16(13-7-14(30-3)9-15(8-13)31-4)10-19(29)22-21(20)28(25-11)18-6-5-17-24-23-12(2)27(17)26-18/h5-9,16H,10H2,1-4H3,(H,22,29)/t16-/m1/s1. The fourth-order valence-electron chi connectivity index (χ4n) is 4.03. The number of ether oxygens (including phenoxy) is 2. The molecule has 3 aromatic heterocycles. The first kappa shape index (κ1) is 19.0. The predicted molar refractivity (Wildman–Crippen MR) is 112 cm³/mol. The van der Waals surface area contributed by atoms with E-state index >= 15 is 0 Å². The number of aryl methyl sites for hydroxylation is 2. The van der Waals surface area contributed by atoms with E-state index in [0.717, 1.165) is 16.8 Å². The molecule has 10 nitrogen and oxygen atoms in total. The van der Waals surface area contributed by atoms with Crippen LogP contribution in [-0.2, 0) is 4.79 Å². The van der Waals surface area contributed by atoms with Gasteiger partial charge in [-0.2, -0.15) is 14.3 Å². The van der Waals surface area contributed by atoms with Gasteiger partial charge in [0.05, 0.1) is 19.9 Å². The summed E-state index contributed by atoms with van der Waals surface area (Å²) in [6.07, 6.45) is 0.298. The van der Waals surface area contributed by atoms with Crippen molar-refractivity contribution in [2.24, 2.45) is 0 Å². The fraction of sp³-hybridized carbons (Fsp3) is 0.286. The Morgan fingerprint density at radius 2 is 1.77 bits per heavy atom. The highest BCUT2D eigenvalue weighted by molar-refractivity contribution is 5.95. The van der Waals surface area contributed by atoms with Crippen molar-refractivity contribution in [3.05, 3.63) is 53.0 Å². The monoisotopic (exact) mass is 419 g/mol. The maximum atomic E-state index is 12.7. The minimum atomic E-state index is -0.193. The molecule has 4 aromatic rings. The molecular formula is C21H21N7O3. The van der Waals surface area contributed by atoms with Gasteiger partial charge in [0.2, 0.25) is 5.91 Å². The van der Waals surface area contributed by atoms with Crippen LogP contribution in [0.5, 0.6) is 11.5 Å². The summed E-state index contributed by atoms with van der Waals surface area (Å²) >= 11 is 0. The molecule has 1 aliphatic heterocycles. The molecule has 0 unspecified atom stereocenters. The molecule has 31 heavy (non-hydrogen) atoms. The number of nitrogens with zero attached hydrogens (tertiary/aromatic N) is 6. The molecule has 10 heteroatoms. The summed E-state index contributed by atoms with van der Waals surface area (Å²) in [6.45, 7) is 3.76. The lowest BCUT2D eigenvalue weighted by molar-refractivity contribution is -0.116. The Kier molecular flexibility index (Phi) is 4.35. The Labute approximate surface area is 177 Å². The maximum absolute atomic E-state index is 12.7. The van der Waals surface area contributed by atoms with Crippen molar-refractivity contribution >= 4 is 17.4 Å². The van der Waals surface area contributed by atoms with Crippen LogP contribution in [0.1, 0.15) is 35.0 Å². The highest BCUT2D eigenvalue weighted by Gasteiger charge is 2.33. The first-order valence-electron chi connectivity index (χ1n) is 9.80. The van der Waals surface area contributed by atoms with Crippen molar-refractivity contribution < 1.29 is 14.3 Å². The van der Waals surface area contributed by atoms with E-state index in [1.807, 2.05) is 38.1 Å². The van der Waals surface area contributed by atoms with Gasteiger partial charge in [-0.15, -0.1) is 15.3 Å². The molecule has 0 spiro atoms. The molecule has 0 radical (unpaired) electrons. The average molecular weight is 419 g/mol. The van der Waals surface area contributed by atoms with E-state index in [4.69, 9.17) is 14.6 Å². The minimum Gasteiger partial charge on any atom is -0.497 e. The summed E-state index contributed by atoms with van der Waals surface area (Å²) in [5.41, 5.74) is 3.32. The second-order valence-electron chi connectivity index (χ2n) is 7.42. The molecule has 1 N–H and O–H groups in total. The number of carbonyl (C=O) groups excluding carboxylic acids is 1. The fourth-order valence-corrected chi connectivity index (χ4v) is 4.03. The van der Waals surface area contributed by atoms with E-state index in [2.05, 4.69) is 20.6 Å². The third kappa shape index (κ3) is 3.07. The number of benzene rings is 1. The van der Waals surface area contributed by atoms with E-state index in [1.165, 1.54) is 0 Å². The van der Waals surface area contributed by atoms with Gasteiger partial charge in [-0.1, -0.05) is 0 Å². The van der Waals surface area contributed by atoms with Crippen LogP contribution in [-0.4, -0.2) is 49.7 Å². The summed E-state index contributed by atoms with van der Waals surface area (Å²) < 4.78 is 14.2. The predicted octanol–water partition coefficient (Wildman–Crippen LogP) is 2.42. The quantitative estimate of drug-likeness (QED) is 0.541. The van der Waals surface area contributed by atoms with Gasteiger partial charge in [0.25, 0.3) is 0 Å². The number of hydrogen-bond acceptors (Lipinski definition) is 7. The molecule has 0 aliphatic carbocycles. The Hall–Kier alpha value is -3.95. The lowest BCUT2D eigenvalue weighted by atomic mass is 9.85. The van der Waals surface area contributed by atoms with Crippen molar-refractivity contribution in [1.29, 1.82) is 0 Å². The van der Waals surface area contributed by atoms with Gasteiger partial charge < -0.3 is 14.8 Å². The number of rotatable bonds is 4. The summed E-state index contributed by atoms with van der Waals surface area (Å²) in [6, 6.07) is 9.29. The number of nitrogens with one attached hydrogen (secondary N) is 1. The first-order chi connectivity index (χ1) is 15.0. The zero-order valence-corrected chi connectivity index (χ0v) is 17.6. The van der Waals surface area contributed by atoms with Crippen LogP contribution in [0.3, 0.4) is 0 Å². The molecule has 1 atom stereocenters. The maximum Gasteiger partial charge on any atom is 0.226 e. The molecule has 0 saturated carbocycles. The van der Waals surface area contributed by atoms with Crippen LogP contribution in [0, 0.1) is 13.8 Å². The number of carbonyl (C=O) groups is 1. The van der Waals surface area contributed by atoms with Gasteiger partial charge >= 0.3 is 0 Å². The van der Waals surface area contributed by atoms with Gasteiger partial charge in [0.15, 0.2) is 17.3 Å². The molecule has 0 fully saturated rings. The van der Waals surface area contributed by atoms with Gasteiger partial charge in [-0.05, 0) is 43.7 Å². The second kappa shape index (κ2) is 7.08. The van der Waals surface area contributed by atoms with Gasteiger partial charge in [-0.25, -0.2) is 0 Å². The molecule has 5 rings (SSSR count). The number of fused-ring (bicyclic) bond motifs is 2. The number of anilines is 1. The number of methoxy groups -OCH3 is 2. The Morgan fingerprint density at radius 1 is 1.03 bits per heavy atom. The Balaban J connectivity index is 1.67. The summed E-state index contributed by atoms with van der Waals surface area (Å²) in [5, 5.41) is 20.4. The lowest BCUT2D eigenvalue weighted by Crippen LogP contribution is -2.25. The molecule has 0 bridgehead atoms. The van der Waals surface area contributed by atoms with Gasteiger partial charge in [0, 0.05) is 24.0 Å². The van der Waals surface area contributed by atoms with Crippen molar-refractivity contribution in [3.8, 4) is 17.3 Å². The second-order valence-corrected chi connectivity index (χ2v) is 7.42. The summed E-state index contributed by atoms with van der Waals surface area (Å²) in [7, 11) is 3.21. The van der Waals surface area contributed by atoms with E-state index in [-0.39, 0.29) is 11.8 Å². The van der Waals surface area contributed by atoms with Gasteiger partial charge in [-0.3, -0.25) is 4.79 Å². The SMILES string of the molecule is COc1cc(OC)cc([C@H]2CC(=O)Nc3c2c(C)nn3-c2ccc3nnc(C)n3n2)c1.